The van der Waals surface area contributed by atoms with Gasteiger partial charge in [-0.05, 0) is 23.1 Å². The molecule has 0 bridgehead atoms. The van der Waals surface area contributed by atoms with Crippen LogP contribution in [0.2, 0.25) is 0 Å². The highest BCUT2D eigenvalue weighted by Crippen LogP contribution is 2.46. The first-order chi connectivity index (χ1) is 8.20. The number of hydrogen-bond acceptors (Lipinski definition) is 1. The van der Waals surface area contributed by atoms with Gasteiger partial charge in [-0.2, -0.15) is 0 Å². The standard InChI is InChI=1S/C16H17N/c1-16(11-15(16)17)14-9-7-13(8-10-14)12-5-3-2-4-6-12/h2-10,15H,11,17H2,1H3. The Hall–Kier alpha value is -1.60. The Bertz CT molecular complexity index is 515. The molecule has 1 fully saturated rings. The third-order valence-corrected chi connectivity index (χ3v) is 3.95. The van der Waals surface area contributed by atoms with Gasteiger partial charge in [0.05, 0.1) is 0 Å². The fourth-order valence-corrected chi connectivity index (χ4v) is 2.40. The highest BCUT2D eigenvalue weighted by Gasteiger charge is 2.48. The van der Waals surface area contributed by atoms with Crippen molar-refractivity contribution in [1.82, 2.24) is 0 Å². The van der Waals surface area contributed by atoms with Gasteiger partial charge in [0.1, 0.15) is 0 Å². The molecular formula is C16H17N. The average Bonchev–Trinajstić information content (AvgIpc) is 3.00. The summed E-state index contributed by atoms with van der Waals surface area (Å²) in [5.74, 6) is 0. The zero-order valence-electron chi connectivity index (χ0n) is 10.1. The summed E-state index contributed by atoms with van der Waals surface area (Å²) in [6.07, 6.45) is 1.11. The summed E-state index contributed by atoms with van der Waals surface area (Å²) in [6.45, 7) is 2.25. The van der Waals surface area contributed by atoms with E-state index in [1.54, 1.807) is 0 Å². The molecule has 1 aliphatic carbocycles. The lowest BCUT2D eigenvalue weighted by molar-refractivity contribution is 0.741. The molecule has 2 aromatic rings. The van der Waals surface area contributed by atoms with Crippen LogP contribution in [-0.2, 0) is 5.41 Å². The summed E-state index contributed by atoms with van der Waals surface area (Å²) in [4.78, 5) is 0. The zero-order valence-corrected chi connectivity index (χ0v) is 10.1. The van der Waals surface area contributed by atoms with E-state index in [-0.39, 0.29) is 5.41 Å². The molecular weight excluding hydrogens is 206 g/mol. The highest BCUT2D eigenvalue weighted by atomic mass is 14.8. The largest absolute Gasteiger partial charge is 0.327 e. The molecule has 2 N–H and O–H groups in total. The van der Waals surface area contributed by atoms with Gasteiger partial charge in [0, 0.05) is 11.5 Å². The molecule has 0 radical (unpaired) electrons. The molecule has 0 aliphatic heterocycles. The summed E-state index contributed by atoms with van der Waals surface area (Å²) in [5, 5.41) is 0. The van der Waals surface area contributed by atoms with Crippen LogP contribution in [0.25, 0.3) is 11.1 Å². The van der Waals surface area contributed by atoms with E-state index in [9.17, 15) is 0 Å². The van der Waals surface area contributed by atoms with Gasteiger partial charge in [0.2, 0.25) is 0 Å². The van der Waals surface area contributed by atoms with Crippen LogP contribution in [0.3, 0.4) is 0 Å². The van der Waals surface area contributed by atoms with Crippen LogP contribution in [0.15, 0.2) is 54.6 Å². The van der Waals surface area contributed by atoms with Crippen molar-refractivity contribution in [1.29, 1.82) is 0 Å². The first-order valence-electron chi connectivity index (χ1n) is 6.12. The fraction of sp³-hybridized carbons (Fsp3) is 0.250. The molecule has 2 unspecified atom stereocenters. The monoisotopic (exact) mass is 223 g/mol. The van der Waals surface area contributed by atoms with Gasteiger partial charge in [-0.3, -0.25) is 0 Å². The van der Waals surface area contributed by atoms with Crippen LogP contribution in [0.1, 0.15) is 18.9 Å². The van der Waals surface area contributed by atoms with Gasteiger partial charge in [0.15, 0.2) is 0 Å². The quantitative estimate of drug-likeness (QED) is 0.830. The van der Waals surface area contributed by atoms with Crippen molar-refractivity contribution in [3.63, 3.8) is 0 Å². The van der Waals surface area contributed by atoms with Gasteiger partial charge in [-0.1, -0.05) is 61.5 Å². The second kappa shape index (κ2) is 3.71. The molecule has 17 heavy (non-hydrogen) atoms. The van der Waals surface area contributed by atoms with Gasteiger partial charge < -0.3 is 5.73 Å². The second-order valence-corrected chi connectivity index (χ2v) is 5.17. The molecule has 1 heteroatoms. The minimum absolute atomic E-state index is 0.217. The number of rotatable bonds is 2. The van der Waals surface area contributed by atoms with Crippen molar-refractivity contribution in [3.8, 4) is 11.1 Å². The Labute approximate surface area is 102 Å². The SMILES string of the molecule is CC1(c2ccc(-c3ccccc3)cc2)CC1N. The molecule has 0 heterocycles. The third kappa shape index (κ3) is 1.77. The van der Waals surface area contributed by atoms with Crippen molar-refractivity contribution in [2.24, 2.45) is 5.73 Å². The average molecular weight is 223 g/mol. The van der Waals surface area contributed by atoms with E-state index in [2.05, 4.69) is 55.5 Å². The molecule has 1 nitrogen and oxygen atoms in total. The van der Waals surface area contributed by atoms with Gasteiger partial charge in [-0.25, -0.2) is 0 Å². The van der Waals surface area contributed by atoms with Crippen LogP contribution in [0.4, 0.5) is 0 Å². The van der Waals surface area contributed by atoms with E-state index in [1.165, 1.54) is 16.7 Å². The molecule has 1 saturated carbocycles. The molecule has 0 amide bonds. The summed E-state index contributed by atoms with van der Waals surface area (Å²) in [6, 6.07) is 19.6. The van der Waals surface area contributed by atoms with Crippen LogP contribution in [0.5, 0.6) is 0 Å². The van der Waals surface area contributed by atoms with Crippen LogP contribution < -0.4 is 5.73 Å². The van der Waals surface area contributed by atoms with Gasteiger partial charge >= 0.3 is 0 Å². The molecule has 0 aromatic heterocycles. The number of benzene rings is 2. The van der Waals surface area contributed by atoms with Crippen molar-refractivity contribution in [3.05, 3.63) is 60.2 Å². The molecule has 0 saturated heterocycles. The Morgan fingerprint density at radius 1 is 0.941 bits per heavy atom. The minimum atomic E-state index is 0.217. The lowest BCUT2D eigenvalue weighted by atomic mass is 9.95. The molecule has 86 valence electrons. The Morgan fingerprint density at radius 3 is 2.00 bits per heavy atom. The zero-order chi connectivity index (χ0) is 11.9. The molecule has 3 rings (SSSR count). The van der Waals surface area contributed by atoms with E-state index in [1.807, 2.05) is 6.07 Å². The van der Waals surface area contributed by atoms with E-state index in [0.717, 1.165) is 6.42 Å². The van der Waals surface area contributed by atoms with E-state index in [0.29, 0.717) is 6.04 Å². The van der Waals surface area contributed by atoms with Crippen LogP contribution in [0, 0.1) is 0 Å². The van der Waals surface area contributed by atoms with Crippen molar-refractivity contribution in [2.75, 3.05) is 0 Å². The highest BCUT2D eigenvalue weighted by molar-refractivity contribution is 5.63. The van der Waals surface area contributed by atoms with Gasteiger partial charge in [0.25, 0.3) is 0 Å². The number of hydrogen-bond donors (Lipinski definition) is 1. The van der Waals surface area contributed by atoms with Crippen molar-refractivity contribution < 1.29 is 0 Å². The maximum atomic E-state index is 5.98. The van der Waals surface area contributed by atoms with Gasteiger partial charge in [-0.15, -0.1) is 0 Å². The second-order valence-electron chi connectivity index (χ2n) is 5.17. The summed E-state index contributed by atoms with van der Waals surface area (Å²) < 4.78 is 0. The topological polar surface area (TPSA) is 26.0 Å². The van der Waals surface area contributed by atoms with Crippen molar-refractivity contribution >= 4 is 0 Å². The maximum absolute atomic E-state index is 5.98. The van der Waals surface area contributed by atoms with E-state index >= 15 is 0 Å². The fourth-order valence-electron chi connectivity index (χ4n) is 2.40. The first-order valence-corrected chi connectivity index (χ1v) is 6.12. The predicted molar refractivity (Wildman–Crippen MR) is 71.8 cm³/mol. The van der Waals surface area contributed by atoms with E-state index in [4.69, 9.17) is 5.73 Å². The smallest absolute Gasteiger partial charge is 0.0143 e. The van der Waals surface area contributed by atoms with Crippen LogP contribution in [-0.4, -0.2) is 6.04 Å². The van der Waals surface area contributed by atoms with E-state index < -0.39 is 0 Å². The summed E-state index contributed by atoms with van der Waals surface area (Å²) in [7, 11) is 0. The molecule has 2 aromatic carbocycles. The Kier molecular flexibility index (Phi) is 2.30. The normalized spacial score (nSPS) is 26.8. The van der Waals surface area contributed by atoms with Crippen molar-refractivity contribution in [2.45, 2.75) is 24.8 Å². The maximum Gasteiger partial charge on any atom is 0.0143 e. The predicted octanol–water partition coefficient (Wildman–Crippen LogP) is 3.34. The Morgan fingerprint density at radius 2 is 1.47 bits per heavy atom. The molecule has 0 spiro atoms. The number of nitrogens with two attached hydrogens (primary N) is 1. The van der Waals surface area contributed by atoms with Crippen LogP contribution >= 0.6 is 0 Å². The first kappa shape index (κ1) is 10.5. The summed E-state index contributed by atoms with van der Waals surface area (Å²) in [5.41, 5.74) is 10.1. The minimum Gasteiger partial charge on any atom is -0.327 e. The lowest BCUT2D eigenvalue weighted by Gasteiger charge is -2.11. The Balaban J connectivity index is 1.91. The summed E-state index contributed by atoms with van der Waals surface area (Å²) >= 11 is 0. The molecule has 2 atom stereocenters. The molecule has 1 aliphatic rings. The lowest BCUT2D eigenvalue weighted by Crippen LogP contribution is -2.14. The third-order valence-electron chi connectivity index (χ3n) is 3.95.